The first kappa shape index (κ1) is 125. The van der Waals surface area contributed by atoms with Gasteiger partial charge in [0.25, 0.3) is 0 Å². The highest BCUT2D eigenvalue weighted by Crippen LogP contribution is 2.46. The number of benzene rings is 5. The highest BCUT2D eigenvalue weighted by Gasteiger charge is 2.49. The molecule has 2 fully saturated rings. The maximum absolute atomic E-state index is 12.2. The van der Waals surface area contributed by atoms with Crippen LogP contribution in [0.3, 0.4) is 0 Å². The van der Waals surface area contributed by atoms with Crippen LogP contribution in [0.1, 0.15) is 173 Å². The van der Waals surface area contributed by atoms with E-state index >= 15 is 0 Å². The van der Waals surface area contributed by atoms with E-state index in [1.807, 2.05) is 179 Å². The van der Waals surface area contributed by atoms with Crippen molar-refractivity contribution in [3.8, 4) is 0 Å². The van der Waals surface area contributed by atoms with E-state index in [9.17, 15) is 57.5 Å². The Labute approximate surface area is 850 Å². The van der Waals surface area contributed by atoms with Crippen LogP contribution in [0.25, 0.3) is 0 Å². The Kier molecular flexibility index (Phi) is 60.2. The normalized spacial score (nSPS) is 15.2. The van der Waals surface area contributed by atoms with Gasteiger partial charge in [-0.25, -0.2) is 0 Å². The number of carbonyl (C=O) groups excluding carboxylic acids is 12. The molecule has 0 aliphatic heterocycles. The summed E-state index contributed by atoms with van der Waals surface area (Å²) in [5.74, 6) is 0.880. The lowest BCUT2D eigenvalue weighted by Crippen LogP contribution is -2.63. The first-order valence-electron chi connectivity index (χ1n) is 49.2. The summed E-state index contributed by atoms with van der Waals surface area (Å²) >= 11 is 0. The molecule has 4 atom stereocenters. The van der Waals surface area contributed by atoms with E-state index in [0.717, 1.165) is 143 Å². The van der Waals surface area contributed by atoms with E-state index in [2.05, 4.69) is 138 Å². The number of hydrogen-bond donors (Lipinski definition) is 2. The molecule has 5 aromatic carbocycles. The fraction of sp³-hybridized carbons (Fsp3) is 0.436. The zero-order valence-electron chi connectivity index (χ0n) is 87.6. The zero-order chi connectivity index (χ0) is 106. The van der Waals surface area contributed by atoms with Gasteiger partial charge in [-0.3, -0.25) is 57.5 Å². The van der Waals surface area contributed by atoms with Crippen molar-refractivity contribution in [3.05, 3.63) is 331 Å². The van der Waals surface area contributed by atoms with Gasteiger partial charge in [0.1, 0.15) is 0 Å². The Morgan fingerprint density at radius 2 is 0.669 bits per heavy atom. The lowest BCUT2D eigenvalue weighted by atomic mass is 9.59. The number of rotatable bonds is 52. The van der Waals surface area contributed by atoms with E-state index in [0.29, 0.717) is 103 Å². The van der Waals surface area contributed by atoms with Gasteiger partial charge in [0.2, 0.25) is 70.9 Å². The van der Waals surface area contributed by atoms with Crippen LogP contribution < -0.4 is 10.6 Å². The van der Waals surface area contributed by atoms with Crippen LogP contribution in [0.4, 0.5) is 0 Å². The summed E-state index contributed by atoms with van der Waals surface area (Å²) in [6, 6.07) is 47.4. The Bertz CT molecular complexity index is 4610. The molecule has 4 unspecified atom stereocenters. The van der Waals surface area contributed by atoms with Crippen LogP contribution in [0, 0.1) is 34.5 Å². The van der Waals surface area contributed by atoms with Crippen LogP contribution in [0.15, 0.2) is 297 Å². The second kappa shape index (κ2) is 68.6. The topological polar surface area (TPSA) is 271 Å². The summed E-state index contributed by atoms with van der Waals surface area (Å²) in [4.78, 5) is 158. The predicted octanol–water partition coefficient (Wildman–Crippen LogP) is 18.1. The molecule has 0 spiro atoms. The minimum atomic E-state index is -0.312. The molecule has 12 amide bonds. The molecule has 772 valence electrons. The summed E-state index contributed by atoms with van der Waals surface area (Å²) in [6.07, 6.45) is 27.6. The molecule has 5 aromatic rings. The molecular weight excluding hydrogens is 1780 g/mol. The van der Waals surface area contributed by atoms with Crippen molar-refractivity contribution in [2.75, 3.05) is 107 Å². The molecule has 0 aromatic heterocycles. The number of nitrogens with zero attached hydrogens (tertiary/aromatic N) is 10. The molecule has 25 nitrogen and oxygen atoms in total. The van der Waals surface area contributed by atoms with E-state index in [-0.39, 0.29) is 99.2 Å². The third-order valence-electron chi connectivity index (χ3n) is 25.5. The fourth-order valence-electron chi connectivity index (χ4n) is 16.7. The van der Waals surface area contributed by atoms with Crippen molar-refractivity contribution in [3.63, 3.8) is 0 Å². The van der Waals surface area contributed by atoms with Gasteiger partial charge < -0.3 is 64.4 Å². The maximum Gasteiger partial charge on any atom is 0.246 e. The molecule has 0 radical (unpaired) electrons. The Morgan fingerprint density at radius 3 is 0.979 bits per heavy atom. The van der Waals surface area contributed by atoms with Crippen molar-refractivity contribution >= 4 is 70.9 Å². The molecule has 2 aliphatic rings. The number of carbonyl (C=O) groups is 12. The average molecular weight is 1950 g/mol. The van der Waals surface area contributed by atoms with Gasteiger partial charge in [0, 0.05) is 158 Å². The summed E-state index contributed by atoms with van der Waals surface area (Å²) in [5.41, 5.74) is 6.03. The molecule has 7 rings (SSSR count). The van der Waals surface area contributed by atoms with E-state index in [1.165, 1.54) is 72.9 Å². The van der Waals surface area contributed by atoms with Gasteiger partial charge in [-0.15, -0.1) is 0 Å². The molecule has 2 N–H and O–H groups in total. The van der Waals surface area contributed by atoms with E-state index in [1.54, 1.807) is 57.6 Å². The summed E-state index contributed by atoms with van der Waals surface area (Å²) in [5, 5.41) is 6.05. The molecule has 142 heavy (non-hydrogen) atoms. The highest BCUT2D eigenvalue weighted by atomic mass is 16.5. The van der Waals surface area contributed by atoms with Crippen LogP contribution in [0.5, 0.6) is 0 Å². The number of ether oxygens (including phenoxy) is 1. The number of hydrogen-bond acceptors (Lipinski definition) is 13. The summed E-state index contributed by atoms with van der Waals surface area (Å²) in [7, 11) is 7.05. The lowest BCUT2D eigenvalue weighted by molar-refractivity contribution is -0.130. The number of likely N-dealkylation sites (N-methyl/N-ethyl adjacent to an activating group) is 6. The third kappa shape index (κ3) is 48.6. The van der Waals surface area contributed by atoms with Crippen LogP contribution in [-0.2, 0) is 102 Å². The monoisotopic (exact) mass is 1950 g/mol. The van der Waals surface area contributed by atoms with Crippen LogP contribution in [0.2, 0.25) is 0 Å². The van der Waals surface area contributed by atoms with Gasteiger partial charge in [-0.05, 0) is 239 Å². The third-order valence-corrected chi connectivity index (χ3v) is 25.5. The molecule has 25 heteroatoms. The van der Waals surface area contributed by atoms with Crippen molar-refractivity contribution in [1.29, 1.82) is 0 Å². The van der Waals surface area contributed by atoms with Gasteiger partial charge in [-0.1, -0.05) is 266 Å². The van der Waals surface area contributed by atoms with E-state index < -0.39 is 0 Å². The van der Waals surface area contributed by atoms with Gasteiger partial charge in [0.05, 0.1) is 0 Å². The number of amides is 12. The smallest absolute Gasteiger partial charge is 0.246 e. The minimum Gasteiger partial charge on any atom is -0.381 e. The van der Waals surface area contributed by atoms with Gasteiger partial charge in [0.15, 0.2) is 0 Å². The van der Waals surface area contributed by atoms with Crippen molar-refractivity contribution in [1.82, 2.24) is 59.6 Å². The Balaban J connectivity index is 0.000000582. The summed E-state index contributed by atoms with van der Waals surface area (Å²) in [6.45, 7) is 72.7. The molecular formula is C117H166N12O13. The van der Waals surface area contributed by atoms with Gasteiger partial charge in [-0.2, -0.15) is 0 Å². The van der Waals surface area contributed by atoms with Crippen molar-refractivity contribution in [2.24, 2.45) is 34.5 Å². The number of nitrogens with one attached hydrogen (secondary N) is 2. The van der Waals surface area contributed by atoms with Crippen LogP contribution in [-0.4, -0.2) is 238 Å². The average Bonchev–Trinajstić information content (AvgIpc) is 0.760. The standard InChI is InChI=1S/C28H36N2O3.C22H24N2O2.C18H30N2O2.C17H30N2O2.C16H26N2O2.C16H20N2O2/c1-3-27(31)29(23-25-15-7-5-8-16-25)19-11-13-21-33-22-14-12-20-30(28(32)4-2)24-26-17-9-6-10-18-26;1-3-21(25)23(17-19-11-7-5-8-12-19)15-16-24(22(26)4-2)18-20-13-9-6-10-14-20;1-5-17(21)19(7-3)13-15-9-11-16(12-10-15)14-20(8-4)18(22)6-2;1-8-15(20)18(6)11-10-17(4,5)12-14(3)13-19(7)16(21)9-2;1-7-13(19)17-12-10-15(4,5)16(6,9-11(12)3)18-14(20)8-2;1-5-15(19)17(3)11-13-7-9-14(10-8-13)12-18(4)16(20)6-2/h3-10,15-18H,1-2,11-14,19-24H2;3-14H,1-2,15-18H2;5-6,15-16H,1-2,7-14H2,3-4H3;8-9,14H,1-2,10-13H2,3-7H3;7-8,11-12H,1-2,9-10H2,3-6H3,(H,17,19)(H,18,20);5-10H,1-2,11-12H2,3-4H3. The van der Waals surface area contributed by atoms with Crippen molar-refractivity contribution < 1.29 is 62.3 Å². The molecule has 0 bridgehead atoms. The van der Waals surface area contributed by atoms with E-state index in [4.69, 9.17) is 4.74 Å². The molecule has 0 heterocycles. The first-order chi connectivity index (χ1) is 67.6. The van der Waals surface area contributed by atoms with Crippen molar-refractivity contribution in [2.45, 2.75) is 190 Å². The minimum absolute atomic E-state index is 0.0263. The SMILES string of the molecule is C=CC(=O)N(C)CCC(C)(C)CC(C)CN(C)C(=O)C=C.C=CC(=O)N(C)Cc1ccc(CN(C)C(=O)C=C)cc1.C=CC(=O)N(CC)CC1CCC(CN(CC)C(=O)C=C)CC1.C=CC(=O)N(CCCCOCCCCN(Cc1ccccc1)C(=O)C=C)Cc1ccccc1.C=CC(=O)N(CCN(Cc1ccccc1)C(=O)C=C)Cc1ccccc1.C=CC(=O)NC1CC(C)(C)C(C)(NC(=O)C=C)CC1C. The number of unbranched alkanes of at least 4 members (excludes halogenated alkanes) is 2. The quantitative estimate of drug-likeness (QED) is 0.0271. The molecule has 2 saturated carbocycles. The molecule has 0 saturated heterocycles. The second-order valence-corrected chi connectivity index (χ2v) is 37.7. The fourth-order valence-corrected chi connectivity index (χ4v) is 16.7. The zero-order valence-corrected chi connectivity index (χ0v) is 87.6. The first-order valence-corrected chi connectivity index (χ1v) is 49.2. The summed E-state index contributed by atoms with van der Waals surface area (Å²) < 4.78 is 5.76. The molecule has 2 aliphatic carbocycles. The van der Waals surface area contributed by atoms with Crippen LogP contribution >= 0.6 is 0 Å². The highest BCUT2D eigenvalue weighted by molar-refractivity contribution is 5.92. The Hall–Kier alpha value is -13.4. The van der Waals surface area contributed by atoms with Gasteiger partial charge >= 0.3 is 0 Å². The maximum atomic E-state index is 12.2. The Morgan fingerprint density at radius 1 is 0.373 bits per heavy atom. The predicted molar refractivity (Wildman–Crippen MR) is 577 cm³/mol. The largest absolute Gasteiger partial charge is 0.381 e. The second-order valence-electron chi connectivity index (χ2n) is 37.7. The lowest BCUT2D eigenvalue weighted by Gasteiger charge is -2.53.